The molecular formula is C16H12N2O3. The Morgan fingerprint density at radius 3 is 2.57 bits per heavy atom. The molecule has 0 radical (unpaired) electrons. The van der Waals surface area contributed by atoms with E-state index in [0.29, 0.717) is 16.6 Å². The van der Waals surface area contributed by atoms with Crippen LogP contribution >= 0.6 is 0 Å². The molecule has 21 heavy (non-hydrogen) atoms. The van der Waals surface area contributed by atoms with Gasteiger partial charge >= 0.3 is 0 Å². The second-order valence-corrected chi connectivity index (χ2v) is 4.54. The molecule has 0 amide bonds. The van der Waals surface area contributed by atoms with Crippen LogP contribution in [0.25, 0.3) is 22.9 Å². The van der Waals surface area contributed by atoms with Crippen molar-refractivity contribution in [3.63, 3.8) is 0 Å². The van der Waals surface area contributed by atoms with E-state index in [4.69, 9.17) is 0 Å². The van der Waals surface area contributed by atoms with E-state index in [1.54, 1.807) is 24.3 Å². The number of aliphatic hydroxyl groups excluding tert-OH is 1. The minimum atomic E-state index is -0.376. The highest BCUT2D eigenvalue weighted by atomic mass is 16.3. The third-order valence-corrected chi connectivity index (χ3v) is 3.06. The summed E-state index contributed by atoms with van der Waals surface area (Å²) in [7, 11) is 0. The monoisotopic (exact) mass is 280 g/mol. The molecule has 1 heterocycles. The number of rotatable bonds is 2. The number of para-hydroxylation sites is 2. The van der Waals surface area contributed by atoms with Gasteiger partial charge in [-0.15, -0.1) is 0 Å². The van der Waals surface area contributed by atoms with Crippen molar-refractivity contribution in [2.24, 2.45) is 0 Å². The van der Waals surface area contributed by atoms with Crippen molar-refractivity contribution in [1.29, 1.82) is 0 Å². The number of nitrogens with one attached hydrogen (secondary N) is 1. The quantitative estimate of drug-likeness (QED) is 0.630. The maximum absolute atomic E-state index is 11.9. The summed E-state index contributed by atoms with van der Waals surface area (Å²) in [5.74, 6) is 0.0107. The van der Waals surface area contributed by atoms with E-state index in [1.807, 2.05) is 12.1 Å². The van der Waals surface area contributed by atoms with Crippen molar-refractivity contribution < 1.29 is 10.2 Å². The van der Waals surface area contributed by atoms with Gasteiger partial charge in [-0.25, -0.2) is 4.98 Å². The number of aliphatic hydroxyl groups is 1. The second-order valence-electron chi connectivity index (χ2n) is 4.54. The van der Waals surface area contributed by atoms with Gasteiger partial charge in [0.15, 0.2) is 0 Å². The first-order chi connectivity index (χ1) is 10.1. The summed E-state index contributed by atoms with van der Waals surface area (Å²) in [6.45, 7) is 0. The third kappa shape index (κ3) is 2.62. The van der Waals surface area contributed by atoms with Gasteiger partial charge in [0.25, 0.3) is 5.56 Å². The Balaban J connectivity index is 2.07. The Morgan fingerprint density at radius 1 is 1.10 bits per heavy atom. The lowest BCUT2D eigenvalue weighted by Crippen LogP contribution is -2.12. The number of hydrogen-bond donors (Lipinski definition) is 3. The Hall–Kier alpha value is -3.08. The predicted octanol–water partition coefficient (Wildman–Crippen LogP) is 2.68. The molecule has 0 saturated carbocycles. The van der Waals surface area contributed by atoms with Gasteiger partial charge in [-0.2, -0.15) is 0 Å². The molecule has 104 valence electrons. The first-order valence-electron chi connectivity index (χ1n) is 6.32. The number of phenols is 1. The average molecular weight is 280 g/mol. The standard InChI is InChI=1S/C16H12N2O3/c19-11-7-5-10(6-8-11)15(20)9-14-16(21)18-13-4-2-1-3-12(13)17-14/h1-9,19-20H,(H,18,21)/b15-9-. The summed E-state index contributed by atoms with van der Waals surface area (Å²) in [6, 6.07) is 13.2. The number of phenolic OH excluding ortho intramolecular Hbond substituents is 1. The lowest BCUT2D eigenvalue weighted by molar-refractivity contribution is 0.475. The van der Waals surface area contributed by atoms with E-state index >= 15 is 0 Å². The lowest BCUT2D eigenvalue weighted by Gasteiger charge is -2.02. The molecule has 2 aromatic carbocycles. The normalized spacial score (nSPS) is 11.7. The molecule has 0 spiro atoms. The Bertz CT molecular complexity index is 880. The number of aromatic amines is 1. The lowest BCUT2D eigenvalue weighted by atomic mass is 10.1. The van der Waals surface area contributed by atoms with E-state index in [0.717, 1.165) is 0 Å². The molecule has 0 bridgehead atoms. The molecule has 3 aromatic rings. The van der Waals surface area contributed by atoms with Crippen molar-refractivity contribution in [3.8, 4) is 5.75 Å². The van der Waals surface area contributed by atoms with Gasteiger partial charge in [0.2, 0.25) is 0 Å². The summed E-state index contributed by atoms with van der Waals surface area (Å²) < 4.78 is 0. The van der Waals surface area contributed by atoms with Gasteiger partial charge in [0.1, 0.15) is 17.2 Å². The number of H-pyrrole nitrogens is 1. The summed E-state index contributed by atoms with van der Waals surface area (Å²) in [5.41, 5.74) is 1.52. The zero-order chi connectivity index (χ0) is 14.8. The summed E-state index contributed by atoms with van der Waals surface area (Å²) in [6.07, 6.45) is 1.30. The van der Waals surface area contributed by atoms with Crippen molar-refractivity contribution in [2.75, 3.05) is 0 Å². The number of aromatic hydroxyl groups is 1. The van der Waals surface area contributed by atoms with Crippen LogP contribution in [0.2, 0.25) is 0 Å². The molecule has 0 aliphatic rings. The van der Waals surface area contributed by atoms with Gasteiger partial charge < -0.3 is 15.2 Å². The first kappa shape index (κ1) is 12.9. The maximum Gasteiger partial charge on any atom is 0.274 e. The minimum Gasteiger partial charge on any atom is -0.508 e. The van der Waals surface area contributed by atoms with Crippen molar-refractivity contribution >= 4 is 22.9 Å². The predicted molar refractivity (Wildman–Crippen MR) is 81.0 cm³/mol. The fourth-order valence-corrected chi connectivity index (χ4v) is 1.99. The van der Waals surface area contributed by atoms with Crippen molar-refractivity contribution in [3.05, 3.63) is 70.1 Å². The molecule has 0 aliphatic carbocycles. The maximum atomic E-state index is 11.9. The van der Waals surface area contributed by atoms with Crippen LogP contribution in [0.1, 0.15) is 11.3 Å². The van der Waals surface area contributed by atoms with Gasteiger partial charge in [-0.3, -0.25) is 4.79 Å². The van der Waals surface area contributed by atoms with E-state index < -0.39 is 0 Å². The molecule has 0 atom stereocenters. The Labute approximate surface area is 119 Å². The number of aromatic nitrogens is 2. The van der Waals surface area contributed by atoms with Crippen LogP contribution in [0.5, 0.6) is 5.75 Å². The number of hydrogen-bond acceptors (Lipinski definition) is 4. The molecule has 0 saturated heterocycles. The van der Waals surface area contributed by atoms with Crippen molar-refractivity contribution in [1.82, 2.24) is 9.97 Å². The van der Waals surface area contributed by atoms with Crippen LogP contribution in [-0.2, 0) is 0 Å². The molecule has 3 N–H and O–H groups in total. The summed E-state index contributed by atoms with van der Waals surface area (Å²) in [5, 5.41) is 19.3. The zero-order valence-corrected chi connectivity index (χ0v) is 10.9. The fourth-order valence-electron chi connectivity index (χ4n) is 1.99. The van der Waals surface area contributed by atoms with E-state index in [2.05, 4.69) is 9.97 Å². The van der Waals surface area contributed by atoms with Crippen LogP contribution < -0.4 is 5.56 Å². The molecule has 5 nitrogen and oxygen atoms in total. The van der Waals surface area contributed by atoms with E-state index in [-0.39, 0.29) is 22.8 Å². The van der Waals surface area contributed by atoms with E-state index in [1.165, 1.54) is 18.2 Å². The van der Waals surface area contributed by atoms with Gasteiger partial charge in [0.05, 0.1) is 11.0 Å². The number of benzene rings is 2. The van der Waals surface area contributed by atoms with Crippen molar-refractivity contribution in [2.45, 2.75) is 0 Å². The SMILES string of the molecule is O=c1[nH]c2ccccc2nc1/C=C(\O)c1ccc(O)cc1. The Kier molecular flexibility index (Phi) is 3.16. The summed E-state index contributed by atoms with van der Waals surface area (Å²) in [4.78, 5) is 18.9. The fraction of sp³-hybridized carbons (Fsp3) is 0. The van der Waals surface area contributed by atoms with Gasteiger partial charge in [0, 0.05) is 11.6 Å². The number of nitrogens with zero attached hydrogens (tertiary/aromatic N) is 1. The van der Waals surface area contributed by atoms with Crippen LogP contribution in [0.15, 0.2) is 53.3 Å². The Morgan fingerprint density at radius 2 is 1.81 bits per heavy atom. The third-order valence-electron chi connectivity index (χ3n) is 3.06. The second kappa shape index (κ2) is 5.13. The van der Waals surface area contributed by atoms with Gasteiger partial charge in [-0.05, 0) is 36.4 Å². The van der Waals surface area contributed by atoms with Crippen LogP contribution in [0, 0.1) is 0 Å². The van der Waals surface area contributed by atoms with E-state index in [9.17, 15) is 15.0 Å². The molecule has 0 fully saturated rings. The molecule has 3 rings (SSSR count). The summed E-state index contributed by atoms with van der Waals surface area (Å²) >= 11 is 0. The van der Waals surface area contributed by atoms with Gasteiger partial charge in [-0.1, -0.05) is 12.1 Å². The molecule has 0 unspecified atom stereocenters. The highest BCUT2D eigenvalue weighted by Crippen LogP contribution is 2.17. The molecule has 1 aromatic heterocycles. The number of fused-ring (bicyclic) bond motifs is 1. The zero-order valence-electron chi connectivity index (χ0n) is 10.9. The van der Waals surface area contributed by atoms with Crippen LogP contribution in [0.4, 0.5) is 0 Å². The highest BCUT2D eigenvalue weighted by molar-refractivity contribution is 5.79. The molecule has 0 aliphatic heterocycles. The minimum absolute atomic E-state index is 0.0942. The average Bonchev–Trinajstić information content (AvgIpc) is 2.48. The van der Waals surface area contributed by atoms with Crippen LogP contribution in [-0.4, -0.2) is 20.2 Å². The smallest absolute Gasteiger partial charge is 0.274 e. The largest absolute Gasteiger partial charge is 0.508 e. The highest BCUT2D eigenvalue weighted by Gasteiger charge is 2.05. The molecule has 5 heteroatoms. The topological polar surface area (TPSA) is 86.2 Å². The van der Waals surface area contributed by atoms with Crippen LogP contribution in [0.3, 0.4) is 0 Å². The molecular weight excluding hydrogens is 268 g/mol. The first-order valence-corrected chi connectivity index (χ1v) is 6.32.